The second-order valence-electron chi connectivity index (χ2n) is 4.24. The average Bonchev–Trinajstić information content (AvgIpc) is 2.91. The van der Waals surface area contributed by atoms with Crippen LogP contribution >= 0.6 is 0 Å². The Morgan fingerprint density at radius 1 is 1.48 bits per heavy atom. The summed E-state index contributed by atoms with van der Waals surface area (Å²) in [6.07, 6.45) is 2.98. The summed E-state index contributed by atoms with van der Waals surface area (Å²) in [5.41, 5.74) is -0.259. The first-order valence-corrected chi connectivity index (χ1v) is 7.14. The molecule has 0 spiro atoms. The van der Waals surface area contributed by atoms with Gasteiger partial charge in [0.25, 0.3) is 0 Å². The number of aromatic nitrogens is 2. The van der Waals surface area contributed by atoms with Crippen LogP contribution in [-0.2, 0) is 16.6 Å². The summed E-state index contributed by atoms with van der Waals surface area (Å²) in [4.78, 5) is 9.36. The maximum Gasteiger partial charge on any atom is 0.306 e. The average molecular weight is 314 g/mol. The third-order valence-corrected chi connectivity index (χ3v) is 4.58. The fourth-order valence-corrected chi connectivity index (χ4v) is 2.86. The molecule has 0 amide bonds. The zero-order valence-electron chi connectivity index (χ0n) is 10.9. The van der Waals surface area contributed by atoms with Crippen molar-refractivity contribution >= 4 is 15.7 Å². The Kier molecular flexibility index (Phi) is 4.00. The molecule has 0 unspecified atom stereocenters. The number of nitrogens with one attached hydrogen (secondary N) is 1. The molecule has 0 aliphatic rings. The highest BCUT2D eigenvalue weighted by molar-refractivity contribution is 7.89. The van der Waals surface area contributed by atoms with Gasteiger partial charge in [-0.05, 0) is 12.1 Å². The Bertz CT molecular complexity index is 761. The molecule has 10 heteroatoms. The van der Waals surface area contributed by atoms with Crippen molar-refractivity contribution in [1.82, 2.24) is 14.5 Å². The second kappa shape index (κ2) is 5.58. The fraction of sp³-hybridized carbons (Fsp3) is 0.182. The molecule has 0 fully saturated rings. The molecule has 2 aromatic rings. The summed E-state index contributed by atoms with van der Waals surface area (Å²) in [6.45, 7) is 0.0318. The molecule has 21 heavy (non-hydrogen) atoms. The van der Waals surface area contributed by atoms with Crippen molar-refractivity contribution in [3.8, 4) is 0 Å². The van der Waals surface area contributed by atoms with Crippen LogP contribution in [0.25, 0.3) is 0 Å². The lowest BCUT2D eigenvalue weighted by Gasteiger charge is -2.16. The third kappa shape index (κ3) is 3.06. The van der Waals surface area contributed by atoms with Gasteiger partial charge < -0.3 is 0 Å². The van der Waals surface area contributed by atoms with Gasteiger partial charge >= 0.3 is 5.69 Å². The van der Waals surface area contributed by atoms with Gasteiger partial charge in [-0.3, -0.25) is 15.2 Å². The van der Waals surface area contributed by atoms with E-state index in [-0.39, 0.29) is 11.4 Å². The Morgan fingerprint density at radius 3 is 2.76 bits per heavy atom. The van der Waals surface area contributed by atoms with E-state index in [1.54, 1.807) is 0 Å². The number of aromatic amines is 1. The number of benzene rings is 1. The van der Waals surface area contributed by atoms with Crippen molar-refractivity contribution < 1.29 is 17.7 Å². The summed E-state index contributed by atoms with van der Waals surface area (Å²) in [5.74, 6) is -1.09. The fourth-order valence-electron chi connectivity index (χ4n) is 1.68. The summed E-state index contributed by atoms with van der Waals surface area (Å²) >= 11 is 0. The lowest BCUT2D eigenvalue weighted by atomic mass is 10.3. The van der Waals surface area contributed by atoms with Crippen LogP contribution in [0.15, 0.2) is 35.5 Å². The van der Waals surface area contributed by atoms with Gasteiger partial charge in [-0.15, -0.1) is 0 Å². The van der Waals surface area contributed by atoms with E-state index in [9.17, 15) is 22.9 Å². The van der Waals surface area contributed by atoms with E-state index in [0.717, 1.165) is 16.4 Å². The van der Waals surface area contributed by atoms with Crippen molar-refractivity contribution in [2.75, 3.05) is 7.05 Å². The van der Waals surface area contributed by atoms with E-state index in [1.165, 1.54) is 19.4 Å². The molecule has 0 aliphatic carbocycles. The SMILES string of the molecule is CN(Cc1cn[nH]c1)S(=O)(=O)c1ccc(F)c([N+](=O)[O-])c1. The topological polar surface area (TPSA) is 109 Å². The maximum atomic E-state index is 13.3. The van der Waals surface area contributed by atoms with Crippen molar-refractivity contribution in [2.45, 2.75) is 11.4 Å². The highest BCUT2D eigenvalue weighted by Gasteiger charge is 2.25. The number of hydrogen-bond donors (Lipinski definition) is 1. The number of nitrogens with zero attached hydrogens (tertiary/aromatic N) is 3. The highest BCUT2D eigenvalue weighted by Crippen LogP contribution is 2.24. The summed E-state index contributed by atoms with van der Waals surface area (Å²) in [7, 11) is -2.65. The zero-order chi connectivity index (χ0) is 15.6. The van der Waals surface area contributed by atoms with Gasteiger partial charge in [-0.1, -0.05) is 0 Å². The van der Waals surface area contributed by atoms with Crippen molar-refractivity contribution in [3.05, 3.63) is 52.1 Å². The molecule has 0 saturated carbocycles. The standard InChI is InChI=1S/C11H11FN4O4S/c1-15(7-8-5-13-14-6-8)21(19,20)9-2-3-10(12)11(4-9)16(17)18/h2-6H,7H2,1H3,(H,13,14). The van der Waals surface area contributed by atoms with Gasteiger partial charge in [0.2, 0.25) is 15.8 Å². The van der Waals surface area contributed by atoms with Crippen LogP contribution in [0.3, 0.4) is 0 Å². The molecular formula is C11H11FN4O4S. The van der Waals surface area contributed by atoms with Crippen LogP contribution in [0.1, 0.15) is 5.56 Å². The molecule has 0 aliphatic heterocycles. The normalized spacial score (nSPS) is 11.8. The van der Waals surface area contributed by atoms with E-state index < -0.39 is 26.5 Å². The van der Waals surface area contributed by atoms with Gasteiger partial charge in [-0.2, -0.15) is 13.8 Å². The molecule has 1 N–H and O–H groups in total. The minimum Gasteiger partial charge on any atom is -0.285 e. The lowest BCUT2D eigenvalue weighted by molar-refractivity contribution is -0.387. The van der Waals surface area contributed by atoms with Gasteiger partial charge in [0.1, 0.15) is 0 Å². The van der Waals surface area contributed by atoms with E-state index in [0.29, 0.717) is 11.6 Å². The molecular weight excluding hydrogens is 303 g/mol. The lowest BCUT2D eigenvalue weighted by Crippen LogP contribution is -2.26. The van der Waals surface area contributed by atoms with Crippen LogP contribution in [0.5, 0.6) is 0 Å². The second-order valence-corrected chi connectivity index (χ2v) is 6.28. The van der Waals surface area contributed by atoms with E-state index in [2.05, 4.69) is 10.2 Å². The Hall–Kier alpha value is -2.33. The van der Waals surface area contributed by atoms with Crippen molar-refractivity contribution in [3.63, 3.8) is 0 Å². The highest BCUT2D eigenvalue weighted by atomic mass is 32.2. The summed E-state index contributed by atoms with van der Waals surface area (Å²) in [6, 6.07) is 2.46. The van der Waals surface area contributed by atoms with Crippen molar-refractivity contribution in [2.24, 2.45) is 0 Å². The first-order valence-electron chi connectivity index (χ1n) is 5.70. The van der Waals surface area contributed by atoms with E-state index in [4.69, 9.17) is 0 Å². The quantitative estimate of drug-likeness (QED) is 0.660. The molecule has 2 rings (SSSR count). The third-order valence-electron chi connectivity index (χ3n) is 2.78. The Balaban J connectivity index is 2.35. The van der Waals surface area contributed by atoms with E-state index >= 15 is 0 Å². The number of sulfonamides is 1. The minimum atomic E-state index is -3.97. The van der Waals surface area contributed by atoms with Crippen LogP contribution in [0.4, 0.5) is 10.1 Å². The first-order chi connectivity index (χ1) is 9.82. The van der Waals surface area contributed by atoms with Gasteiger partial charge in [0, 0.05) is 31.4 Å². The molecule has 0 radical (unpaired) electrons. The van der Waals surface area contributed by atoms with Crippen LogP contribution in [-0.4, -0.2) is 34.9 Å². The minimum absolute atomic E-state index is 0.0318. The molecule has 8 nitrogen and oxygen atoms in total. The largest absolute Gasteiger partial charge is 0.306 e. The molecule has 1 heterocycles. The molecule has 1 aromatic heterocycles. The van der Waals surface area contributed by atoms with Crippen LogP contribution in [0.2, 0.25) is 0 Å². The van der Waals surface area contributed by atoms with Crippen LogP contribution < -0.4 is 0 Å². The molecule has 0 atom stereocenters. The maximum absolute atomic E-state index is 13.3. The summed E-state index contributed by atoms with van der Waals surface area (Å²) in [5, 5.41) is 16.9. The number of halogens is 1. The number of H-pyrrole nitrogens is 1. The monoisotopic (exact) mass is 314 g/mol. The van der Waals surface area contributed by atoms with Crippen LogP contribution in [0, 0.1) is 15.9 Å². The number of rotatable bonds is 5. The van der Waals surface area contributed by atoms with Crippen molar-refractivity contribution in [1.29, 1.82) is 0 Å². The number of nitro groups is 1. The molecule has 0 saturated heterocycles. The predicted molar refractivity (Wildman–Crippen MR) is 70.3 cm³/mol. The summed E-state index contributed by atoms with van der Waals surface area (Å²) < 4.78 is 38.8. The molecule has 0 bridgehead atoms. The van der Waals surface area contributed by atoms with Gasteiger partial charge in [0.15, 0.2) is 0 Å². The number of nitro benzene ring substituents is 1. The molecule has 112 valence electrons. The van der Waals surface area contributed by atoms with Gasteiger partial charge in [0.05, 0.1) is 16.0 Å². The predicted octanol–water partition coefficient (Wildman–Crippen LogP) is 1.28. The zero-order valence-corrected chi connectivity index (χ0v) is 11.7. The Labute approximate surface area is 119 Å². The first kappa shape index (κ1) is 15.1. The van der Waals surface area contributed by atoms with Gasteiger partial charge in [-0.25, -0.2) is 8.42 Å². The smallest absolute Gasteiger partial charge is 0.285 e. The Morgan fingerprint density at radius 2 is 2.19 bits per heavy atom. The molecule has 1 aromatic carbocycles. The number of hydrogen-bond acceptors (Lipinski definition) is 5. The van der Waals surface area contributed by atoms with E-state index in [1.807, 2.05) is 0 Å².